The molecule has 1 atom stereocenters. The summed E-state index contributed by atoms with van der Waals surface area (Å²) in [6.07, 6.45) is 1.64. The highest BCUT2D eigenvalue weighted by molar-refractivity contribution is 9.10. The van der Waals surface area contributed by atoms with Crippen LogP contribution in [0.1, 0.15) is 18.4 Å². The number of rotatable bonds is 2. The molecule has 1 aliphatic heterocycles. The lowest BCUT2D eigenvalue weighted by Crippen LogP contribution is -2.38. The minimum Gasteiger partial charge on any atom is -0.391 e. The maximum Gasteiger partial charge on any atom is 0.123 e. The number of benzene rings is 1. The molecule has 0 amide bonds. The molecular formula is C12H16BrN3O. The molecule has 1 heterocycles. The van der Waals surface area contributed by atoms with E-state index in [0.29, 0.717) is 12.1 Å². The van der Waals surface area contributed by atoms with Crippen molar-refractivity contribution in [1.29, 1.82) is 5.41 Å². The molecule has 1 saturated heterocycles. The number of nitrogen functional groups attached to an aromatic ring is 1. The summed E-state index contributed by atoms with van der Waals surface area (Å²) < 4.78 is 0.822. The molecule has 0 aromatic heterocycles. The second kappa shape index (κ2) is 5.06. The predicted molar refractivity (Wildman–Crippen MR) is 72.6 cm³/mol. The number of nitrogens with zero attached hydrogens (tertiary/aromatic N) is 1. The van der Waals surface area contributed by atoms with Gasteiger partial charge in [-0.2, -0.15) is 0 Å². The van der Waals surface area contributed by atoms with Crippen molar-refractivity contribution in [3.8, 4) is 0 Å². The van der Waals surface area contributed by atoms with E-state index in [4.69, 9.17) is 11.1 Å². The second-order valence-electron chi connectivity index (χ2n) is 4.32. The molecule has 0 saturated carbocycles. The number of nitrogens with one attached hydrogen (secondary N) is 1. The fraction of sp³-hybridized carbons (Fsp3) is 0.417. The summed E-state index contributed by atoms with van der Waals surface area (Å²) in [5, 5.41) is 17.1. The number of aliphatic hydroxyl groups excluding tert-OH is 1. The Bertz CT molecular complexity index is 436. The number of amidine groups is 1. The molecule has 0 bridgehead atoms. The highest BCUT2D eigenvalue weighted by Gasteiger charge is 2.18. The van der Waals surface area contributed by atoms with E-state index in [2.05, 4.69) is 20.8 Å². The third-order valence-corrected chi connectivity index (χ3v) is 3.66. The van der Waals surface area contributed by atoms with Crippen LogP contribution in [-0.2, 0) is 0 Å². The number of nitrogens with two attached hydrogens (primary N) is 1. The number of piperidine rings is 1. The van der Waals surface area contributed by atoms with Gasteiger partial charge in [-0.3, -0.25) is 5.41 Å². The number of hydrogen-bond acceptors (Lipinski definition) is 3. The van der Waals surface area contributed by atoms with E-state index in [9.17, 15) is 5.11 Å². The largest absolute Gasteiger partial charge is 0.391 e. The SMILES string of the molecule is N=C(N)c1ccc(N2CCCC(O)C2)cc1Br. The molecule has 17 heavy (non-hydrogen) atoms. The summed E-state index contributed by atoms with van der Waals surface area (Å²) >= 11 is 3.42. The van der Waals surface area contributed by atoms with Gasteiger partial charge in [-0.15, -0.1) is 0 Å². The first-order chi connectivity index (χ1) is 8.08. The second-order valence-corrected chi connectivity index (χ2v) is 5.17. The Morgan fingerprint density at radius 2 is 2.29 bits per heavy atom. The van der Waals surface area contributed by atoms with Crippen LogP contribution in [-0.4, -0.2) is 30.1 Å². The molecule has 1 aromatic carbocycles. The van der Waals surface area contributed by atoms with Crippen molar-refractivity contribution in [3.05, 3.63) is 28.2 Å². The molecule has 0 radical (unpaired) electrons. The Labute approximate surface area is 109 Å². The van der Waals surface area contributed by atoms with E-state index in [-0.39, 0.29) is 11.9 Å². The van der Waals surface area contributed by atoms with E-state index in [1.807, 2.05) is 18.2 Å². The maximum atomic E-state index is 9.65. The number of aliphatic hydroxyl groups is 1. The van der Waals surface area contributed by atoms with Crippen molar-refractivity contribution in [2.45, 2.75) is 18.9 Å². The molecule has 0 spiro atoms. The fourth-order valence-corrected chi connectivity index (χ4v) is 2.69. The van der Waals surface area contributed by atoms with E-state index in [0.717, 1.165) is 29.5 Å². The van der Waals surface area contributed by atoms with Gasteiger partial charge in [0.15, 0.2) is 0 Å². The monoisotopic (exact) mass is 297 g/mol. The minimum atomic E-state index is -0.241. The Morgan fingerprint density at radius 3 is 2.88 bits per heavy atom. The number of hydrogen-bond donors (Lipinski definition) is 3. The highest BCUT2D eigenvalue weighted by atomic mass is 79.9. The van der Waals surface area contributed by atoms with Crippen LogP contribution >= 0.6 is 15.9 Å². The lowest BCUT2D eigenvalue weighted by Gasteiger charge is -2.32. The number of β-amino-alcohol motifs (C(OH)–C–C–N with tert-alkyl or cyclic N) is 1. The van der Waals surface area contributed by atoms with Gasteiger partial charge in [-0.1, -0.05) is 0 Å². The van der Waals surface area contributed by atoms with Crippen LogP contribution in [0, 0.1) is 5.41 Å². The van der Waals surface area contributed by atoms with Gasteiger partial charge in [0.05, 0.1) is 6.10 Å². The summed E-state index contributed by atoms with van der Waals surface area (Å²) in [5.41, 5.74) is 7.22. The molecule has 2 rings (SSSR count). The first-order valence-electron chi connectivity index (χ1n) is 5.65. The molecule has 92 valence electrons. The van der Waals surface area contributed by atoms with Gasteiger partial charge in [-0.25, -0.2) is 0 Å². The van der Waals surface area contributed by atoms with Crippen LogP contribution in [0.15, 0.2) is 22.7 Å². The first kappa shape index (κ1) is 12.4. The van der Waals surface area contributed by atoms with Crippen LogP contribution in [0.4, 0.5) is 5.69 Å². The highest BCUT2D eigenvalue weighted by Crippen LogP contribution is 2.26. The predicted octanol–water partition coefficient (Wildman–Crippen LogP) is 1.69. The van der Waals surface area contributed by atoms with Crippen molar-refractivity contribution >= 4 is 27.5 Å². The van der Waals surface area contributed by atoms with Gasteiger partial charge in [-0.05, 0) is 47.0 Å². The maximum absolute atomic E-state index is 9.65. The average molecular weight is 298 g/mol. The van der Waals surface area contributed by atoms with E-state index in [1.54, 1.807) is 0 Å². The van der Waals surface area contributed by atoms with E-state index < -0.39 is 0 Å². The molecule has 1 unspecified atom stereocenters. The summed E-state index contributed by atoms with van der Waals surface area (Å²) in [4.78, 5) is 2.16. The quantitative estimate of drug-likeness (QED) is 0.574. The molecule has 1 fully saturated rings. The van der Waals surface area contributed by atoms with Crippen LogP contribution < -0.4 is 10.6 Å². The molecule has 1 aromatic rings. The van der Waals surface area contributed by atoms with Gasteiger partial charge >= 0.3 is 0 Å². The summed E-state index contributed by atoms with van der Waals surface area (Å²) in [5.74, 6) is 0.0575. The van der Waals surface area contributed by atoms with Gasteiger partial charge in [0, 0.05) is 28.8 Å². The zero-order chi connectivity index (χ0) is 12.4. The minimum absolute atomic E-state index is 0.0575. The van der Waals surface area contributed by atoms with Crippen LogP contribution in [0.5, 0.6) is 0 Å². The van der Waals surface area contributed by atoms with E-state index >= 15 is 0 Å². The number of anilines is 1. The standard InChI is InChI=1S/C12H16BrN3O/c13-11-6-8(3-4-10(11)12(14)15)16-5-1-2-9(17)7-16/h3-4,6,9,17H,1-2,5,7H2,(H3,14,15). The Balaban J connectivity index is 2.22. The zero-order valence-corrected chi connectivity index (χ0v) is 11.1. The zero-order valence-electron chi connectivity index (χ0n) is 9.49. The van der Waals surface area contributed by atoms with Gasteiger partial charge in [0.1, 0.15) is 5.84 Å². The molecule has 1 aliphatic rings. The smallest absolute Gasteiger partial charge is 0.123 e. The van der Waals surface area contributed by atoms with Gasteiger partial charge in [0.25, 0.3) is 0 Å². The lowest BCUT2D eigenvalue weighted by atomic mass is 10.1. The van der Waals surface area contributed by atoms with Crippen LogP contribution in [0.2, 0.25) is 0 Å². The van der Waals surface area contributed by atoms with Gasteiger partial charge < -0.3 is 15.7 Å². The molecule has 0 aliphatic carbocycles. The molecule has 5 heteroatoms. The van der Waals surface area contributed by atoms with Crippen molar-refractivity contribution in [1.82, 2.24) is 0 Å². The molecule has 4 nitrogen and oxygen atoms in total. The third kappa shape index (κ3) is 2.79. The van der Waals surface area contributed by atoms with E-state index in [1.165, 1.54) is 0 Å². The van der Waals surface area contributed by atoms with Crippen molar-refractivity contribution in [3.63, 3.8) is 0 Å². The summed E-state index contributed by atoms with van der Waals surface area (Å²) in [6, 6.07) is 5.73. The Morgan fingerprint density at radius 1 is 1.53 bits per heavy atom. The molecule has 4 N–H and O–H groups in total. The van der Waals surface area contributed by atoms with Crippen molar-refractivity contribution in [2.24, 2.45) is 5.73 Å². The Kier molecular flexibility index (Phi) is 3.69. The topological polar surface area (TPSA) is 73.3 Å². The van der Waals surface area contributed by atoms with Crippen molar-refractivity contribution in [2.75, 3.05) is 18.0 Å². The normalized spacial score (nSPS) is 20.4. The Hall–Kier alpha value is -1.07. The fourth-order valence-electron chi connectivity index (χ4n) is 2.11. The van der Waals surface area contributed by atoms with Crippen LogP contribution in [0.25, 0.3) is 0 Å². The average Bonchev–Trinajstić information content (AvgIpc) is 2.28. The molecular weight excluding hydrogens is 282 g/mol. The van der Waals surface area contributed by atoms with Crippen LogP contribution in [0.3, 0.4) is 0 Å². The van der Waals surface area contributed by atoms with Crippen molar-refractivity contribution < 1.29 is 5.11 Å². The van der Waals surface area contributed by atoms with Gasteiger partial charge in [0.2, 0.25) is 0 Å². The lowest BCUT2D eigenvalue weighted by molar-refractivity contribution is 0.154. The summed E-state index contributed by atoms with van der Waals surface area (Å²) in [7, 11) is 0. The number of halogens is 1. The first-order valence-corrected chi connectivity index (χ1v) is 6.44. The third-order valence-electron chi connectivity index (χ3n) is 3.00. The summed E-state index contributed by atoms with van der Waals surface area (Å²) in [6.45, 7) is 1.63.